The number of aliphatic hydroxyl groups is 1. The molecular formula is C20H31N3O4S. The van der Waals surface area contributed by atoms with E-state index in [1.165, 1.54) is 4.31 Å². The summed E-state index contributed by atoms with van der Waals surface area (Å²) in [4.78, 5) is 2.07. The summed E-state index contributed by atoms with van der Waals surface area (Å²) in [6.45, 7) is 4.89. The van der Waals surface area contributed by atoms with Crippen LogP contribution in [0.25, 0.3) is 0 Å². The molecule has 28 heavy (non-hydrogen) atoms. The van der Waals surface area contributed by atoms with Gasteiger partial charge in [-0.1, -0.05) is 18.8 Å². The number of likely N-dealkylation sites (N-methyl/N-ethyl adjacent to an activating group) is 1. The molecule has 0 spiro atoms. The van der Waals surface area contributed by atoms with E-state index in [0.29, 0.717) is 24.4 Å². The minimum Gasteiger partial charge on any atom is -0.487 e. The lowest BCUT2D eigenvalue weighted by atomic mass is 10.0. The summed E-state index contributed by atoms with van der Waals surface area (Å²) in [7, 11) is 1.90. The lowest BCUT2D eigenvalue weighted by molar-refractivity contribution is 0.103. The summed E-state index contributed by atoms with van der Waals surface area (Å²) in [6.07, 6.45) is -0.211. The predicted molar refractivity (Wildman–Crippen MR) is 110 cm³/mol. The molecule has 0 saturated carbocycles. The molecule has 0 saturated heterocycles. The molecule has 8 heteroatoms. The highest BCUT2D eigenvalue weighted by Crippen LogP contribution is 2.33. The highest BCUT2D eigenvalue weighted by Gasteiger charge is 2.37. The van der Waals surface area contributed by atoms with Crippen molar-refractivity contribution in [2.75, 3.05) is 47.4 Å². The monoisotopic (exact) mass is 409 g/mol. The van der Waals surface area contributed by atoms with Crippen molar-refractivity contribution in [1.29, 1.82) is 0 Å². The Balaban J connectivity index is 2.54. The zero-order valence-corrected chi connectivity index (χ0v) is 18.1. The second kappa shape index (κ2) is 9.72. The van der Waals surface area contributed by atoms with Gasteiger partial charge >= 0.3 is 0 Å². The zero-order valence-electron chi connectivity index (χ0n) is 17.3. The molecule has 2 N–H and O–H groups in total. The number of ether oxygens (including phenoxy) is 1. The Hall–Kier alpha value is -1.63. The van der Waals surface area contributed by atoms with E-state index in [1.54, 1.807) is 25.1 Å². The Bertz CT molecular complexity index is 830. The van der Waals surface area contributed by atoms with E-state index in [4.69, 9.17) is 4.74 Å². The van der Waals surface area contributed by atoms with Crippen molar-refractivity contribution in [1.82, 2.24) is 14.5 Å². The molecule has 0 fully saturated rings. The number of nitrogens with zero attached hydrogens (tertiary/aromatic N) is 2. The number of hydrogen-bond donors (Lipinski definition) is 2. The largest absolute Gasteiger partial charge is 0.487 e. The first-order chi connectivity index (χ1) is 13.2. The fourth-order valence-electron chi connectivity index (χ4n) is 3.05. The zero-order chi connectivity index (χ0) is 20.9. The SMILES string of the molecule is CNC[C@H]1Oc2cc(C#CCN(C)C)ccc2S(=O)(=O)N([C@@H](C)CO)C[C@@H]1C. The summed E-state index contributed by atoms with van der Waals surface area (Å²) >= 11 is 0. The van der Waals surface area contributed by atoms with Crippen LogP contribution in [0.1, 0.15) is 19.4 Å². The molecule has 2 rings (SSSR count). The average Bonchev–Trinajstić information content (AvgIpc) is 2.63. The van der Waals surface area contributed by atoms with Crippen molar-refractivity contribution < 1.29 is 18.3 Å². The highest BCUT2D eigenvalue weighted by atomic mass is 32.2. The summed E-state index contributed by atoms with van der Waals surface area (Å²) in [6, 6.07) is 4.42. The third-order valence-electron chi connectivity index (χ3n) is 4.70. The number of sulfonamides is 1. The number of nitrogens with one attached hydrogen (secondary N) is 1. The quantitative estimate of drug-likeness (QED) is 0.693. The van der Waals surface area contributed by atoms with Crippen LogP contribution in [0, 0.1) is 17.8 Å². The molecule has 1 heterocycles. The molecule has 3 atom stereocenters. The molecule has 0 bridgehead atoms. The molecule has 7 nitrogen and oxygen atoms in total. The Kier molecular flexibility index (Phi) is 7.87. The normalized spacial score (nSPS) is 23.0. The Morgan fingerprint density at radius 1 is 1.43 bits per heavy atom. The number of hydrogen-bond acceptors (Lipinski definition) is 6. The molecule has 0 amide bonds. The van der Waals surface area contributed by atoms with Gasteiger partial charge in [-0.05, 0) is 46.3 Å². The maximum atomic E-state index is 13.3. The van der Waals surface area contributed by atoms with Gasteiger partial charge in [-0.3, -0.25) is 4.90 Å². The highest BCUT2D eigenvalue weighted by molar-refractivity contribution is 7.89. The molecule has 1 aliphatic heterocycles. The van der Waals surface area contributed by atoms with Gasteiger partial charge in [-0.25, -0.2) is 8.42 Å². The maximum Gasteiger partial charge on any atom is 0.247 e. The van der Waals surface area contributed by atoms with Crippen LogP contribution in [0.4, 0.5) is 0 Å². The van der Waals surface area contributed by atoms with Crippen molar-refractivity contribution in [2.45, 2.75) is 30.9 Å². The molecule has 1 aromatic carbocycles. The Morgan fingerprint density at radius 3 is 2.75 bits per heavy atom. The third kappa shape index (κ3) is 5.25. The van der Waals surface area contributed by atoms with Gasteiger partial charge < -0.3 is 15.2 Å². The molecule has 1 aliphatic rings. The topological polar surface area (TPSA) is 82.1 Å². The number of benzene rings is 1. The molecular weight excluding hydrogens is 378 g/mol. The fourth-order valence-corrected chi connectivity index (χ4v) is 4.87. The van der Waals surface area contributed by atoms with Gasteiger partial charge in [0.25, 0.3) is 0 Å². The smallest absolute Gasteiger partial charge is 0.247 e. The van der Waals surface area contributed by atoms with Gasteiger partial charge in [0.1, 0.15) is 16.7 Å². The second-order valence-corrected chi connectivity index (χ2v) is 9.36. The van der Waals surface area contributed by atoms with E-state index >= 15 is 0 Å². The standard InChI is InChI=1S/C20H31N3O4S/c1-15-13-23(16(2)14-24)28(25,26)20-9-8-17(7-6-10-22(4)5)11-18(20)27-19(15)12-21-3/h8-9,11,15-16,19,21,24H,10,12-14H2,1-5H3/t15-,16-,19+/m0/s1. The Labute approximate surface area is 168 Å². The van der Waals surface area contributed by atoms with Crippen LogP contribution < -0.4 is 10.1 Å². The molecule has 0 aliphatic carbocycles. The Morgan fingerprint density at radius 2 is 2.14 bits per heavy atom. The average molecular weight is 410 g/mol. The fraction of sp³-hybridized carbons (Fsp3) is 0.600. The van der Waals surface area contributed by atoms with Crippen LogP contribution in [0.2, 0.25) is 0 Å². The van der Waals surface area contributed by atoms with E-state index in [0.717, 1.165) is 0 Å². The first kappa shape index (κ1) is 22.7. The number of fused-ring (bicyclic) bond motifs is 1. The first-order valence-corrected chi connectivity index (χ1v) is 10.9. The van der Waals surface area contributed by atoms with Crippen LogP contribution in [0.5, 0.6) is 5.75 Å². The first-order valence-electron chi connectivity index (χ1n) is 9.42. The van der Waals surface area contributed by atoms with Crippen molar-refractivity contribution in [3.63, 3.8) is 0 Å². The van der Waals surface area contributed by atoms with Crippen molar-refractivity contribution in [3.05, 3.63) is 23.8 Å². The van der Waals surface area contributed by atoms with Crippen LogP contribution in [0.15, 0.2) is 23.1 Å². The van der Waals surface area contributed by atoms with Gasteiger partial charge in [0.2, 0.25) is 10.0 Å². The van der Waals surface area contributed by atoms with Gasteiger partial charge in [0.15, 0.2) is 0 Å². The minimum absolute atomic E-state index is 0.0622. The van der Waals surface area contributed by atoms with Gasteiger partial charge in [0, 0.05) is 30.6 Å². The van der Waals surface area contributed by atoms with Crippen molar-refractivity contribution in [3.8, 4) is 17.6 Å². The van der Waals surface area contributed by atoms with Crippen molar-refractivity contribution >= 4 is 10.0 Å². The van der Waals surface area contributed by atoms with Crippen molar-refractivity contribution in [2.24, 2.45) is 5.92 Å². The minimum atomic E-state index is -3.80. The summed E-state index contributed by atoms with van der Waals surface area (Å²) in [5.41, 5.74) is 0.703. The maximum absolute atomic E-state index is 13.3. The van der Waals surface area contributed by atoms with E-state index in [2.05, 4.69) is 17.2 Å². The molecule has 0 radical (unpaired) electrons. The summed E-state index contributed by atoms with van der Waals surface area (Å²) in [5.74, 6) is 6.35. The van der Waals surface area contributed by atoms with Crippen LogP contribution in [-0.2, 0) is 10.0 Å². The summed E-state index contributed by atoms with van der Waals surface area (Å²) < 4.78 is 34.1. The van der Waals surface area contributed by atoms with E-state index < -0.39 is 16.1 Å². The molecule has 0 unspecified atom stereocenters. The summed E-state index contributed by atoms with van der Waals surface area (Å²) in [5, 5.41) is 12.7. The van der Waals surface area contributed by atoms with Gasteiger partial charge in [-0.15, -0.1) is 0 Å². The number of rotatable bonds is 5. The lowest BCUT2D eigenvalue weighted by Gasteiger charge is -2.36. The number of aliphatic hydroxyl groups excluding tert-OH is 1. The van der Waals surface area contributed by atoms with E-state index in [9.17, 15) is 13.5 Å². The van der Waals surface area contributed by atoms with Crippen LogP contribution >= 0.6 is 0 Å². The van der Waals surface area contributed by atoms with Crippen LogP contribution in [-0.4, -0.2) is 82.3 Å². The van der Waals surface area contributed by atoms with Gasteiger partial charge in [-0.2, -0.15) is 4.31 Å². The van der Waals surface area contributed by atoms with E-state index in [1.807, 2.05) is 33.0 Å². The molecule has 1 aromatic rings. The van der Waals surface area contributed by atoms with Crippen LogP contribution in [0.3, 0.4) is 0 Å². The van der Waals surface area contributed by atoms with Gasteiger partial charge in [0.05, 0.1) is 13.2 Å². The predicted octanol–water partition coefficient (Wildman–Crippen LogP) is 0.588. The second-order valence-electron chi connectivity index (χ2n) is 7.50. The van der Waals surface area contributed by atoms with E-state index in [-0.39, 0.29) is 30.1 Å². The molecule has 0 aromatic heterocycles. The third-order valence-corrected chi connectivity index (χ3v) is 6.72. The molecule has 156 valence electrons. The lowest BCUT2D eigenvalue weighted by Crippen LogP contribution is -2.49.